The molecule has 0 aliphatic carbocycles. The van der Waals surface area contributed by atoms with Gasteiger partial charge in [-0.3, -0.25) is 0 Å². The topological polar surface area (TPSA) is 29.5 Å². The lowest BCUT2D eigenvalue weighted by Gasteiger charge is -2.05. The van der Waals surface area contributed by atoms with Crippen molar-refractivity contribution >= 4 is 6.08 Å². The minimum absolute atomic E-state index is 0.185. The zero-order valence-electron chi connectivity index (χ0n) is 8.66. The van der Waals surface area contributed by atoms with Crippen molar-refractivity contribution in [3.05, 3.63) is 35.4 Å². The molecule has 0 saturated heterocycles. The number of aliphatic hydroxyl groups is 1. The molecule has 76 valence electrons. The monoisotopic (exact) mass is 192 g/mol. The van der Waals surface area contributed by atoms with Crippen molar-refractivity contribution in [1.29, 1.82) is 0 Å². The Hall–Kier alpha value is -1.28. The molecule has 0 bridgehead atoms. The number of aliphatic hydroxyl groups excluding tert-OH is 1. The average molecular weight is 192 g/mol. The molecule has 0 saturated carbocycles. The van der Waals surface area contributed by atoms with E-state index in [0.29, 0.717) is 6.42 Å². The molecule has 1 aromatic carbocycles. The van der Waals surface area contributed by atoms with E-state index in [0.717, 1.165) is 11.3 Å². The van der Waals surface area contributed by atoms with E-state index in [9.17, 15) is 0 Å². The van der Waals surface area contributed by atoms with E-state index in [1.807, 2.05) is 31.2 Å². The van der Waals surface area contributed by atoms with Crippen LogP contribution in [0.2, 0.25) is 0 Å². The van der Waals surface area contributed by atoms with Gasteiger partial charge in [0.2, 0.25) is 0 Å². The fraction of sp³-hybridized carbons (Fsp3) is 0.333. The summed E-state index contributed by atoms with van der Waals surface area (Å²) in [5.41, 5.74) is 2.26. The second-order valence-electron chi connectivity index (χ2n) is 3.16. The number of benzene rings is 1. The number of hydrogen-bond acceptors (Lipinski definition) is 2. The van der Waals surface area contributed by atoms with Crippen LogP contribution in [-0.4, -0.2) is 18.8 Å². The van der Waals surface area contributed by atoms with Gasteiger partial charge in [0.25, 0.3) is 0 Å². The van der Waals surface area contributed by atoms with Crippen LogP contribution in [0.15, 0.2) is 24.3 Å². The van der Waals surface area contributed by atoms with Crippen LogP contribution < -0.4 is 4.74 Å². The predicted molar refractivity (Wildman–Crippen MR) is 58.5 cm³/mol. The van der Waals surface area contributed by atoms with Gasteiger partial charge in [-0.1, -0.05) is 23.8 Å². The molecule has 1 rings (SSSR count). The van der Waals surface area contributed by atoms with Crippen LogP contribution >= 0.6 is 0 Å². The Kier molecular flexibility index (Phi) is 4.20. The van der Waals surface area contributed by atoms with Gasteiger partial charge in [0.1, 0.15) is 5.75 Å². The molecular weight excluding hydrogens is 176 g/mol. The third kappa shape index (κ3) is 2.89. The van der Waals surface area contributed by atoms with Gasteiger partial charge in [-0.05, 0) is 25.5 Å². The van der Waals surface area contributed by atoms with Crippen LogP contribution in [0.25, 0.3) is 6.08 Å². The summed E-state index contributed by atoms with van der Waals surface area (Å²) >= 11 is 0. The van der Waals surface area contributed by atoms with Gasteiger partial charge in [0, 0.05) is 12.2 Å². The molecule has 1 aromatic rings. The van der Waals surface area contributed by atoms with Gasteiger partial charge in [0.05, 0.1) is 7.11 Å². The average Bonchev–Trinajstić information content (AvgIpc) is 2.19. The smallest absolute Gasteiger partial charge is 0.126 e. The molecule has 14 heavy (non-hydrogen) atoms. The van der Waals surface area contributed by atoms with E-state index in [4.69, 9.17) is 9.84 Å². The first kappa shape index (κ1) is 10.8. The van der Waals surface area contributed by atoms with Gasteiger partial charge in [-0.15, -0.1) is 0 Å². The molecule has 2 nitrogen and oxygen atoms in total. The van der Waals surface area contributed by atoms with E-state index in [2.05, 4.69) is 6.07 Å². The Labute approximate surface area is 84.8 Å². The third-order valence-electron chi connectivity index (χ3n) is 1.98. The number of methoxy groups -OCH3 is 1. The lowest BCUT2D eigenvalue weighted by molar-refractivity contribution is 0.303. The van der Waals surface area contributed by atoms with Crippen LogP contribution in [0.4, 0.5) is 0 Å². The molecule has 0 aliphatic rings. The maximum Gasteiger partial charge on any atom is 0.126 e. The maximum absolute atomic E-state index is 8.64. The zero-order valence-corrected chi connectivity index (χ0v) is 8.66. The van der Waals surface area contributed by atoms with Crippen molar-refractivity contribution < 1.29 is 9.84 Å². The molecule has 0 fully saturated rings. The molecule has 0 aromatic heterocycles. The van der Waals surface area contributed by atoms with E-state index in [1.54, 1.807) is 7.11 Å². The minimum Gasteiger partial charge on any atom is -0.496 e. The zero-order chi connectivity index (χ0) is 10.4. The minimum atomic E-state index is 0.185. The fourth-order valence-electron chi connectivity index (χ4n) is 1.27. The third-order valence-corrected chi connectivity index (χ3v) is 1.98. The molecule has 0 spiro atoms. The Balaban J connectivity index is 2.87. The van der Waals surface area contributed by atoms with Crippen LogP contribution in [0.3, 0.4) is 0 Å². The molecular formula is C12H16O2. The highest BCUT2D eigenvalue weighted by molar-refractivity contribution is 5.58. The Morgan fingerprint density at radius 2 is 2.21 bits per heavy atom. The van der Waals surface area contributed by atoms with Crippen LogP contribution in [-0.2, 0) is 0 Å². The second kappa shape index (κ2) is 5.45. The molecule has 0 unspecified atom stereocenters. The lowest BCUT2D eigenvalue weighted by Crippen LogP contribution is -1.87. The highest BCUT2D eigenvalue weighted by atomic mass is 16.5. The number of rotatable bonds is 4. The van der Waals surface area contributed by atoms with Gasteiger partial charge in [0.15, 0.2) is 0 Å². The van der Waals surface area contributed by atoms with Crippen LogP contribution in [0.1, 0.15) is 17.5 Å². The first-order valence-electron chi connectivity index (χ1n) is 4.70. The van der Waals surface area contributed by atoms with Crippen LogP contribution in [0.5, 0.6) is 5.75 Å². The van der Waals surface area contributed by atoms with Gasteiger partial charge in [-0.25, -0.2) is 0 Å². The summed E-state index contributed by atoms with van der Waals surface area (Å²) in [7, 11) is 1.66. The summed E-state index contributed by atoms with van der Waals surface area (Å²) in [6, 6.07) is 6.03. The van der Waals surface area contributed by atoms with Crippen LogP contribution in [0, 0.1) is 6.92 Å². The lowest BCUT2D eigenvalue weighted by atomic mass is 10.1. The summed E-state index contributed by atoms with van der Waals surface area (Å²) in [5.74, 6) is 0.866. The molecule has 0 atom stereocenters. The summed E-state index contributed by atoms with van der Waals surface area (Å²) in [5, 5.41) is 8.64. The number of aryl methyl sites for hydroxylation is 1. The largest absolute Gasteiger partial charge is 0.496 e. The molecule has 0 amide bonds. The van der Waals surface area contributed by atoms with Gasteiger partial charge >= 0.3 is 0 Å². The standard InChI is InChI=1S/C12H16O2/c1-10-6-7-12(14-2)11(9-10)5-3-4-8-13/h3,5-7,9,13H,4,8H2,1-2H3/b5-3+. The second-order valence-corrected chi connectivity index (χ2v) is 3.16. The SMILES string of the molecule is COc1ccc(C)cc1/C=C/CCO. The van der Waals surface area contributed by atoms with Crippen molar-refractivity contribution in [2.75, 3.05) is 13.7 Å². The Morgan fingerprint density at radius 3 is 2.86 bits per heavy atom. The highest BCUT2D eigenvalue weighted by Crippen LogP contribution is 2.20. The van der Waals surface area contributed by atoms with Crippen molar-refractivity contribution in [1.82, 2.24) is 0 Å². The van der Waals surface area contributed by atoms with E-state index >= 15 is 0 Å². The van der Waals surface area contributed by atoms with Gasteiger partial charge < -0.3 is 9.84 Å². The van der Waals surface area contributed by atoms with E-state index < -0.39 is 0 Å². The number of ether oxygens (including phenoxy) is 1. The number of hydrogen-bond donors (Lipinski definition) is 1. The maximum atomic E-state index is 8.64. The normalized spacial score (nSPS) is 10.8. The molecule has 0 aliphatic heterocycles. The predicted octanol–water partition coefficient (Wildman–Crippen LogP) is 2.40. The molecule has 0 radical (unpaired) electrons. The van der Waals surface area contributed by atoms with E-state index in [1.165, 1.54) is 5.56 Å². The highest BCUT2D eigenvalue weighted by Gasteiger charge is 1.98. The summed E-state index contributed by atoms with van der Waals surface area (Å²) in [6.45, 7) is 2.23. The van der Waals surface area contributed by atoms with Crippen molar-refractivity contribution in [2.45, 2.75) is 13.3 Å². The van der Waals surface area contributed by atoms with Gasteiger partial charge in [-0.2, -0.15) is 0 Å². The first-order chi connectivity index (χ1) is 6.77. The quantitative estimate of drug-likeness (QED) is 0.793. The Bertz CT molecular complexity index is 316. The van der Waals surface area contributed by atoms with Crippen molar-refractivity contribution in [2.24, 2.45) is 0 Å². The molecule has 1 N–H and O–H groups in total. The summed E-state index contributed by atoms with van der Waals surface area (Å²) < 4.78 is 5.22. The molecule has 0 heterocycles. The van der Waals surface area contributed by atoms with E-state index in [-0.39, 0.29) is 6.61 Å². The summed E-state index contributed by atoms with van der Waals surface area (Å²) in [4.78, 5) is 0. The first-order valence-corrected chi connectivity index (χ1v) is 4.70. The Morgan fingerprint density at radius 1 is 1.43 bits per heavy atom. The van der Waals surface area contributed by atoms with Crippen molar-refractivity contribution in [3.8, 4) is 5.75 Å². The fourth-order valence-corrected chi connectivity index (χ4v) is 1.27. The van der Waals surface area contributed by atoms with Crippen molar-refractivity contribution in [3.63, 3.8) is 0 Å². The molecule has 2 heteroatoms. The summed E-state index contributed by atoms with van der Waals surface area (Å²) in [6.07, 6.45) is 4.59.